The summed E-state index contributed by atoms with van der Waals surface area (Å²) in [5.41, 5.74) is 8.25. The average molecular weight is 731 g/mol. The van der Waals surface area contributed by atoms with Crippen LogP contribution in [0.4, 0.5) is 0 Å². The highest BCUT2D eigenvalue weighted by molar-refractivity contribution is 6.27. The Morgan fingerprint density at radius 1 is 0.333 bits per heavy atom. The second-order valence-corrected chi connectivity index (χ2v) is 16.1. The highest BCUT2D eigenvalue weighted by atomic mass is 16.1. The summed E-state index contributed by atoms with van der Waals surface area (Å²) in [6, 6.07) is 62.1. The van der Waals surface area contributed by atoms with E-state index in [9.17, 15) is 0 Å². The topological polar surface area (TPSA) is 17.1 Å². The molecule has 0 N–H and O–H groups in total. The molecule has 0 saturated carbocycles. The van der Waals surface area contributed by atoms with Crippen molar-refractivity contribution >= 4 is 70.4 Å². The number of carbonyl (C=O) groups is 1. The Kier molecular flexibility index (Phi) is 7.70. The Balaban J connectivity index is 1.08. The third-order valence-electron chi connectivity index (χ3n) is 13.1. The van der Waals surface area contributed by atoms with Gasteiger partial charge in [-0.25, -0.2) is 0 Å². The van der Waals surface area contributed by atoms with E-state index in [1.165, 1.54) is 75.8 Å². The molecule has 0 atom stereocenters. The Bertz CT molecular complexity index is 3000. The molecular weight excluding hydrogens is 689 g/mol. The van der Waals surface area contributed by atoms with Crippen LogP contribution in [0, 0.1) is 0 Å². The smallest absolute Gasteiger partial charge is 0.193 e. The van der Waals surface area contributed by atoms with Crippen LogP contribution in [-0.4, -0.2) is 5.78 Å². The van der Waals surface area contributed by atoms with Gasteiger partial charge in [-0.3, -0.25) is 4.79 Å². The van der Waals surface area contributed by atoms with Crippen LogP contribution in [0.25, 0.3) is 86.9 Å². The van der Waals surface area contributed by atoms with Crippen molar-refractivity contribution in [2.24, 2.45) is 0 Å². The molecule has 1 aliphatic carbocycles. The number of ketones is 1. The highest BCUT2D eigenvalue weighted by Crippen LogP contribution is 2.50. The number of fused-ring (bicyclic) bond motifs is 14. The lowest BCUT2D eigenvalue weighted by Crippen LogP contribution is -2.36. The summed E-state index contributed by atoms with van der Waals surface area (Å²) in [6.45, 7) is 4.56. The van der Waals surface area contributed by atoms with E-state index >= 15 is 4.79 Å². The van der Waals surface area contributed by atoms with Crippen molar-refractivity contribution in [3.8, 4) is 22.3 Å². The number of rotatable bonds is 6. The first kappa shape index (κ1) is 33.7. The van der Waals surface area contributed by atoms with Gasteiger partial charge in [0.2, 0.25) is 0 Å². The first-order valence-corrected chi connectivity index (χ1v) is 20.6. The van der Waals surface area contributed by atoms with E-state index in [0.29, 0.717) is 0 Å². The summed E-state index contributed by atoms with van der Waals surface area (Å²) in [5.74, 6) is 0.126. The van der Waals surface area contributed by atoms with Gasteiger partial charge < -0.3 is 0 Å². The van der Waals surface area contributed by atoms with Crippen LogP contribution in [0.1, 0.15) is 66.6 Å². The standard InChI is InChI=1S/C56H42O/c1-3-29-56(30-4-2)53-27-23-37(35-21-25-47-43-17-7-5-13-39(43)41-15-9-11-19-45(41)49(47)31-35)33-51(53)55(57)52-34-38(24-28-54(52)56)36-22-26-48-44-18-8-6-14-40(44)42-16-10-12-20-46(42)50(48)32-36/h5-28,31-34H,3-4,29-30H2,1-2H3. The largest absolute Gasteiger partial charge is 0.289 e. The molecule has 1 heteroatoms. The Morgan fingerprint density at radius 3 is 0.947 bits per heavy atom. The second-order valence-electron chi connectivity index (χ2n) is 16.1. The van der Waals surface area contributed by atoms with Gasteiger partial charge in [0, 0.05) is 16.5 Å². The van der Waals surface area contributed by atoms with Crippen LogP contribution < -0.4 is 0 Å². The molecule has 0 aliphatic heterocycles. The molecule has 0 amide bonds. The Hall–Kier alpha value is -6.57. The maximum Gasteiger partial charge on any atom is 0.193 e. The van der Waals surface area contributed by atoms with Crippen molar-refractivity contribution in [1.29, 1.82) is 0 Å². The molecule has 272 valence electrons. The van der Waals surface area contributed by atoms with E-state index in [1.807, 2.05) is 0 Å². The van der Waals surface area contributed by atoms with Gasteiger partial charge in [-0.1, -0.05) is 172 Å². The SMILES string of the molecule is CCCC1(CCC)c2ccc(-c3ccc4c5ccccc5c5ccccc5c4c3)cc2C(=O)c2cc(-c3ccc4c5ccccc5c5ccccc5c4c3)ccc21. The fraction of sp³-hybridized carbons (Fsp3) is 0.125. The van der Waals surface area contributed by atoms with E-state index < -0.39 is 0 Å². The zero-order valence-electron chi connectivity index (χ0n) is 32.4. The molecule has 1 aliphatic rings. The van der Waals surface area contributed by atoms with E-state index in [0.717, 1.165) is 59.1 Å². The lowest BCUT2D eigenvalue weighted by atomic mass is 9.61. The zero-order chi connectivity index (χ0) is 38.3. The first-order chi connectivity index (χ1) is 28.1. The molecule has 0 radical (unpaired) electrons. The number of carbonyl (C=O) groups excluding carboxylic acids is 1. The molecule has 10 aromatic carbocycles. The third kappa shape index (κ3) is 4.98. The van der Waals surface area contributed by atoms with E-state index in [-0.39, 0.29) is 11.2 Å². The highest BCUT2D eigenvalue weighted by Gasteiger charge is 2.42. The van der Waals surface area contributed by atoms with Gasteiger partial charge in [-0.2, -0.15) is 0 Å². The molecule has 0 bridgehead atoms. The van der Waals surface area contributed by atoms with E-state index in [2.05, 4.69) is 184 Å². The van der Waals surface area contributed by atoms with Crippen LogP contribution in [0.2, 0.25) is 0 Å². The third-order valence-corrected chi connectivity index (χ3v) is 13.1. The maximum absolute atomic E-state index is 15.0. The number of benzene rings is 10. The summed E-state index contributed by atoms with van der Waals surface area (Å²) in [4.78, 5) is 15.0. The molecule has 57 heavy (non-hydrogen) atoms. The van der Waals surface area contributed by atoms with Crippen molar-refractivity contribution in [3.05, 3.63) is 192 Å². The quantitative estimate of drug-likeness (QED) is 0.156. The van der Waals surface area contributed by atoms with E-state index in [1.54, 1.807) is 0 Å². The normalized spacial score (nSPS) is 13.5. The molecule has 11 rings (SSSR count). The van der Waals surface area contributed by atoms with Crippen molar-refractivity contribution in [2.45, 2.75) is 44.9 Å². The maximum atomic E-state index is 15.0. The molecule has 0 heterocycles. The van der Waals surface area contributed by atoms with Gasteiger partial charge in [-0.15, -0.1) is 0 Å². The zero-order valence-corrected chi connectivity index (χ0v) is 32.4. The minimum absolute atomic E-state index is 0.126. The molecule has 0 unspecified atom stereocenters. The van der Waals surface area contributed by atoms with Gasteiger partial charge in [0.25, 0.3) is 0 Å². The predicted octanol–water partition coefficient (Wildman–Crippen LogP) is 15.4. The van der Waals surface area contributed by atoms with Crippen molar-refractivity contribution in [1.82, 2.24) is 0 Å². The summed E-state index contributed by atoms with van der Waals surface area (Å²) < 4.78 is 0. The molecule has 0 spiro atoms. The lowest BCUT2D eigenvalue weighted by Gasteiger charge is -2.41. The monoisotopic (exact) mass is 730 g/mol. The number of hydrogen-bond donors (Lipinski definition) is 0. The summed E-state index contributed by atoms with van der Waals surface area (Å²) in [7, 11) is 0. The summed E-state index contributed by atoms with van der Waals surface area (Å²) in [5, 5.41) is 15.1. The minimum Gasteiger partial charge on any atom is -0.289 e. The van der Waals surface area contributed by atoms with Crippen LogP contribution in [0.3, 0.4) is 0 Å². The van der Waals surface area contributed by atoms with Crippen LogP contribution >= 0.6 is 0 Å². The molecule has 0 aromatic heterocycles. The lowest BCUT2D eigenvalue weighted by molar-refractivity contribution is 0.102. The van der Waals surface area contributed by atoms with Crippen molar-refractivity contribution in [3.63, 3.8) is 0 Å². The number of hydrogen-bond acceptors (Lipinski definition) is 1. The van der Waals surface area contributed by atoms with Gasteiger partial charge in [-0.05, 0) is 135 Å². The molecule has 1 nitrogen and oxygen atoms in total. The van der Waals surface area contributed by atoms with Gasteiger partial charge in [0.05, 0.1) is 0 Å². The predicted molar refractivity (Wildman–Crippen MR) is 243 cm³/mol. The first-order valence-electron chi connectivity index (χ1n) is 20.6. The summed E-state index contributed by atoms with van der Waals surface area (Å²) >= 11 is 0. The Morgan fingerprint density at radius 2 is 0.614 bits per heavy atom. The molecule has 0 saturated heterocycles. The van der Waals surface area contributed by atoms with Gasteiger partial charge in [0.1, 0.15) is 0 Å². The fourth-order valence-electron chi connectivity index (χ4n) is 10.6. The average Bonchev–Trinajstić information content (AvgIpc) is 3.28. The molecule has 10 aromatic rings. The fourth-order valence-corrected chi connectivity index (χ4v) is 10.6. The molecular formula is C56H42O. The van der Waals surface area contributed by atoms with Crippen molar-refractivity contribution < 1.29 is 4.79 Å². The van der Waals surface area contributed by atoms with Crippen LogP contribution in [0.5, 0.6) is 0 Å². The minimum atomic E-state index is -0.226. The Labute approximate surface area is 333 Å². The van der Waals surface area contributed by atoms with Gasteiger partial charge in [0.15, 0.2) is 5.78 Å². The van der Waals surface area contributed by atoms with Gasteiger partial charge >= 0.3 is 0 Å². The molecule has 0 fully saturated rings. The summed E-state index contributed by atoms with van der Waals surface area (Å²) in [6.07, 6.45) is 4.07. The van der Waals surface area contributed by atoms with Crippen molar-refractivity contribution in [2.75, 3.05) is 0 Å². The second kappa shape index (κ2) is 13.0. The van der Waals surface area contributed by atoms with Crippen LogP contribution in [-0.2, 0) is 5.41 Å². The van der Waals surface area contributed by atoms with E-state index in [4.69, 9.17) is 0 Å². The van der Waals surface area contributed by atoms with Crippen LogP contribution in [0.15, 0.2) is 170 Å².